The molecule has 4 nitrogen and oxygen atoms in total. The molecule has 0 N–H and O–H groups in total. The molecule has 26 heavy (non-hydrogen) atoms. The predicted molar refractivity (Wildman–Crippen MR) is 103 cm³/mol. The third-order valence-corrected chi connectivity index (χ3v) is 5.49. The van der Waals surface area contributed by atoms with Gasteiger partial charge < -0.3 is 4.90 Å². The third-order valence-electron chi connectivity index (χ3n) is 5.49. The second kappa shape index (κ2) is 7.21. The molecule has 1 atom stereocenters. The molecule has 1 saturated carbocycles. The van der Waals surface area contributed by atoms with Crippen molar-refractivity contribution in [2.75, 3.05) is 18.5 Å². The minimum absolute atomic E-state index is 0.0533. The van der Waals surface area contributed by atoms with E-state index in [1.54, 1.807) is 11.1 Å². The Morgan fingerprint density at radius 2 is 1.73 bits per heavy atom. The van der Waals surface area contributed by atoms with Crippen molar-refractivity contribution in [2.24, 2.45) is 5.92 Å². The van der Waals surface area contributed by atoms with Gasteiger partial charge in [0.05, 0.1) is 6.04 Å². The summed E-state index contributed by atoms with van der Waals surface area (Å²) >= 11 is 0. The van der Waals surface area contributed by atoms with E-state index in [2.05, 4.69) is 16.8 Å². The van der Waals surface area contributed by atoms with Gasteiger partial charge in [0.25, 0.3) is 0 Å². The predicted octanol–water partition coefficient (Wildman–Crippen LogP) is 3.91. The monoisotopic (exact) mass is 345 g/mol. The molecule has 0 spiro atoms. The van der Waals surface area contributed by atoms with Crippen molar-refractivity contribution in [1.82, 2.24) is 9.88 Å². The van der Waals surface area contributed by atoms with Crippen LogP contribution in [0.25, 0.3) is 0 Å². The van der Waals surface area contributed by atoms with Gasteiger partial charge in [-0.25, -0.2) is 9.78 Å². The van der Waals surface area contributed by atoms with Crippen LogP contribution in [0.1, 0.15) is 36.8 Å². The summed E-state index contributed by atoms with van der Waals surface area (Å²) in [5.74, 6) is 7.60. The molecule has 132 valence electrons. The van der Waals surface area contributed by atoms with E-state index in [-0.39, 0.29) is 6.03 Å². The van der Waals surface area contributed by atoms with E-state index in [4.69, 9.17) is 0 Å². The van der Waals surface area contributed by atoms with Gasteiger partial charge in [-0.3, -0.25) is 4.90 Å². The van der Waals surface area contributed by atoms with E-state index in [9.17, 15) is 4.79 Å². The van der Waals surface area contributed by atoms with Crippen LogP contribution < -0.4 is 4.90 Å². The van der Waals surface area contributed by atoms with Crippen molar-refractivity contribution < 1.29 is 4.79 Å². The Hall–Kier alpha value is -2.80. The highest BCUT2D eigenvalue weighted by Gasteiger charge is 2.40. The molecule has 1 unspecified atom stereocenters. The second-order valence-corrected chi connectivity index (χ2v) is 7.14. The van der Waals surface area contributed by atoms with Crippen molar-refractivity contribution in [1.29, 1.82) is 0 Å². The number of rotatable bonds is 2. The smallest absolute Gasteiger partial charge is 0.322 e. The molecule has 1 aliphatic carbocycles. The van der Waals surface area contributed by atoms with Gasteiger partial charge in [-0.05, 0) is 43.0 Å². The Bertz CT molecular complexity index is 829. The summed E-state index contributed by atoms with van der Waals surface area (Å²) in [6, 6.07) is 14.1. The number of hydrogen-bond donors (Lipinski definition) is 0. The van der Waals surface area contributed by atoms with Gasteiger partial charge in [0.2, 0.25) is 0 Å². The number of hydrogen-bond acceptors (Lipinski definition) is 2. The van der Waals surface area contributed by atoms with E-state index in [0.29, 0.717) is 17.8 Å². The number of carbonyl (C=O) groups is 1. The fourth-order valence-electron chi connectivity index (χ4n) is 4.00. The summed E-state index contributed by atoms with van der Waals surface area (Å²) in [5, 5.41) is 0. The lowest BCUT2D eigenvalue weighted by Gasteiger charge is -2.23. The van der Waals surface area contributed by atoms with Crippen molar-refractivity contribution in [2.45, 2.75) is 31.7 Å². The average molecular weight is 345 g/mol. The first-order valence-electron chi connectivity index (χ1n) is 9.30. The standard InChI is InChI=1S/C22H23N3O/c1-24-20(19-9-5-6-10-19)16-25(22(24)26)21-14-13-18(15-23-21)12-11-17-7-3-2-4-8-17/h2-4,7-8,13-15,19-20H,5-6,9-10,16H2,1H3. The van der Waals surface area contributed by atoms with Crippen LogP contribution in [0.4, 0.5) is 10.6 Å². The van der Waals surface area contributed by atoms with Gasteiger partial charge in [0.15, 0.2) is 0 Å². The number of amides is 2. The molecule has 1 aliphatic heterocycles. The number of benzene rings is 1. The number of nitrogens with zero attached hydrogens (tertiary/aromatic N) is 3. The topological polar surface area (TPSA) is 36.4 Å². The van der Waals surface area contributed by atoms with Crippen LogP contribution >= 0.6 is 0 Å². The van der Waals surface area contributed by atoms with Crippen molar-refractivity contribution in [3.05, 3.63) is 59.8 Å². The Balaban J connectivity index is 1.48. The summed E-state index contributed by atoms with van der Waals surface area (Å²) in [6.45, 7) is 0.738. The van der Waals surface area contributed by atoms with E-state index in [0.717, 1.165) is 17.7 Å². The lowest BCUT2D eigenvalue weighted by molar-refractivity contribution is 0.202. The van der Waals surface area contributed by atoms with Gasteiger partial charge in [-0.15, -0.1) is 0 Å². The maximum absolute atomic E-state index is 12.7. The van der Waals surface area contributed by atoms with Crippen LogP contribution in [0.15, 0.2) is 48.7 Å². The molecular weight excluding hydrogens is 322 g/mol. The van der Waals surface area contributed by atoms with Crippen LogP contribution in [0.2, 0.25) is 0 Å². The molecule has 0 radical (unpaired) electrons. The number of carbonyl (C=O) groups excluding carboxylic acids is 1. The van der Waals surface area contributed by atoms with Crippen molar-refractivity contribution in [3.8, 4) is 11.8 Å². The van der Waals surface area contributed by atoms with Crippen LogP contribution in [0.5, 0.6) is 0 Å². The molecule has 2 amide bonds. The molecule has 4 rings (SSSR count). The molecular formula is C22H23N3O. The summed E-state index contributed by atoms with van der Waals surface area (Å²) in [4.78, 5) is 20.9. The molecule has 2 aromatic rings. The minimum atomic E-state index is 0.0533. The summed E-state index contributed by atoms with van der Waals surface area (Å²) in [6.07, 6.45) is 6.79. The zero-order valence-electron chi connectivity index (χ0n) is 15.1. The van der Waals surface area contributed by atoms with Gasteiger partial charge in [0, 0.05) is 30.9 Å². The van der Waals surface area contributed by atoms with Crippen LogP contribution in [-0.4, -0.2) is 35.5 Å². The number of aromatic nitrogens is 1. The molecule has 1 saturated heterocycles. The molecule has 2 heterocycles. The molecule has 2 aliphatic rings. The van der Waals surface area contributed by atoms with Crippen LogP contribution in [-0.2, 0) is 0 Å². The van der Waals surface area contributed by atoms with Gasteiger partial charge in [-0.1, -0.05) is 42.9 Å². The molecule has 0 bridgehead atoms. The molecule has 2 fully saturated rings. The van der Waals surface area contributed by atoms with E-state index in [1.165, 1.54) is 25.7 Å². The maximum atomic E-state index is 12.7. The Morgan fingerprint density at radius 1 is 1.00 bits per heavy atom. The Morgan fingerprint density at radius 3 is 2.42 bits per heavy atom. The molecule has 4 heteroatoms. The highest BCUT2D eigenvalue weighted by molar-refractivity contribution is 5.93. The highest BCUT2D eigenvalue weighted by atomic mass is 16.2. The Kier molecular flexibility index (Phi) is 4.62. The van der Waals surface area contributed by atoms with E-state index < -0.39 is 0 Å². The van der Waals surface area contributed by atoms with E-state index >= 15 is 0 Å². The lowest BCUT2D eigenvalue weighted by atomic mass is 9.98. The van der Waals surface area contributed by atoms with Gasteiger partial charge in [0.1, 0.15) is 5.82 Å². The zero-order chi connectivity index (χ0) is 17.9. The van der Waals surface area contributed by atoms with Gasteiger partial charge in [-0.2, -0.15) is 0 Å². The number of pyridine rings is 1. The Labute approximate surface area is 154 Å². The first-order chi connectivity index (χ1) is 12.7. The summed E-state index contributed by atoms with van der Waals surface area (Å²) in [7, 11) is 1.92. The normalized spacial score (nSPS) is 20.3. The van der Waals surface area contributed by atoms with Gasteiger partial charge >= 0.3 is 6.03 Å². The lowest BCUT2D eigenvalue weighted by Crippen LogP contribution is -2.35. The third kappa shape index (κ3) is 3.30. The van der Waals surface area contributed by atoms with Crippen molar-refractivity contribution in [3.63, 3.8) is 0 Å². The maximum Gasteiger partial charge on any atom is 0.325 e. The molecule has 1 aromatic carbocycles. The fourth-order valence-corrected chi connectivity index (χ4v) is 4.00. The van der Waals surface area contributed by atoms with E-state index in [1.807, 2.05) is 54.4 Å². The quantitative estimate of drug-likeness (QED) is 0.774. The molecule has 1 aromatic heterocycles. The second-order valence-electron chi connectivity index (χ2n) is 7.14. The zero-order valence-corrected chi connectivity index (χ0v) is 15.1. The average Bonchev–Trinajstić information content (AvgIpc) is 3.31. The SMILES string of the molecule is CN1C(=O)N(c2ccc(C#Cc3ccccc3)cn2)CC1C1CCCC1. The van der Waals surface area contributed by atoms with Crippen LogP contribution in [0.3, 0.4) is 0 Å². The number of likely N-dealkylation sites (N-methyl/N-ethyl adjacent to an activating group) is 1. The summed E-state index contributed by atoms with van der Waals surface area (Å²) < 4.78 is 0. The highest BCUT2D eigenvalue weighted by Crippen LogP contribution is 2.34. The number of anilines is 1. The fraction of sp³-hybridized carbons (Fsp3) is 0.364. The van der Waals surface area contributed by atoms with Crippen LogP contribution in [0, 0.1) is 17.8 Å². The largest absolute Gasteiger partial charge is 0.325 e. The van der Waals surface area contributed by atoms with Crippen molar-refractivity contribution >= 4 is 11.8 Å². The number of urea groups is 1. The first kappa shape index (κ1) is 16.7. The first-order valence-corrected chi connectivity index (χ1v) is 9.30. The minimum Gasteiger partial charge on any atom is -0.322 e. The summed E-state index contributed by atoms with van der Waals surface area (Å²) in [5.41, 5.74) is 1.83.